The van der Waals surface area contributed by atoms with Gasteiger partial charge in [-0.1, -0.05) is 0 Å². The third-order valence-electron chi connectivity index (χ3n) is 4.13. The average Bonchev–Trinajstić information content (AvgIpc) is 2.60. The highest BCUT2D eigenvalue weighted by molar-refractivity contribution is 7.99. The van der Waals surface area contributed by atoms with Gasteiger partial charge in [-0.2, -0.15) is 11.8 Å². The van der Waals surface area contributed by atoms with Crippen molar-refractivity contribution >= 4 is 23.6 Å². The van der Waals surface area contributed by atoms with Gasteiger partial charge in [-0.15, -0.1) is 0 Å². The Kier molecular flexibility index (Phi) is 2.67. The van der Waals surface area contributed by atoms with Crippen molar-refractivity contribution in [1.82, 2.24) is 4.90 Å². The topological polar surface area (TPSA) is 77.8 Å². The maximum atomic E-state index is 12.0. The molecule has 0 aromatic heterocycles. The van der Waals surface area contributed by atoms with Gasteiger partial charge in [0.25, 0.3) is 0 Å². The Balaban J connectivity index is 2.00. The number of carboxylic acids is 1. The quantitative estimate of drug-likeness (QED) is 0.705. The lowest BCUT2D eigenvalue weighted by Gasteiger charge is -2.47. The van der Waals surface area contributed by atoms with Crippen molar-refractivity contribution in [3.63, 3.8) is 0 Å². The van der Waals surface area contributed by atoms with E-state index >= 15 is 0 Å². The fraction of sp³-hybridized carbons (Fsp3) is 0.667. The van der Waals surface area contributed by atoms with Crippen LogP contribution in [0.1, 0.15) is 13.3 Å². The molecule has 3 aliphatic rings. The van der Waals surface area contributed by atoms with Gasteiger partial charge in [0.1, 0.15) is 5.70 Å². The Morgan fingerprint density at radius 3 is 2.89 bits per heavy atom. The number of carbonyl (C=O) groups excluding carboxylic acids is 1. The summed E-state index contributed by atoms with van der Waals surface area (Å²) in [5, 5.41) is 19.0. The molecule has 1 amide bonds. The van der Waals surface area contributed by atoms with Crippen LogP contribution in [0.25, 0.3) is 0 Å². The Bertz CT molecular complexity index is 459. The van der Waals surface area contributed by atoms with Gasteiger partial charge >= 0.3 is 5.97 Å². The first kappa shape index (κ1) is 12.0. The van der Waals surface area contributed by atoms with Crippen LogP contribution >= 0.6 is 11.8 Å². The number of fused-ring (bicyclic) bond motifs is 3. The van der Waals surface area contributed by atoms with E-state index in [0.29, 0.717) is 0 Å². The number of rotatable bonds is 2. The number of hydrogen-bond donors (Lipinski definition) is 2. The van der Waals surface area contributed by atoms with Gasteiger partial charge in [0.15, 0.2) is 0 Å². The summed E-state index contributed by atoms with van der Waals surface area (Å²) in [5.41, 5.74) is 1.09. The SMILES string of the molecule is C[C@@H](O)[C@H]1C(=O)N2C(C(=O)O)=C3CCSCC3[C@H]12. The molecule has 2 fully saturated rings. The van der Waals surface area contributed by atoms with Crippen molar-refractivity contribution in [2.75, 3.05) is 11.5 Å². The smallest absolute Gasteiger partial charge is 0.352 e. The number of aliphatic hydroxyl groups excluding tert-OH is 1. The minimum absolute atomic E-state index is 0.118. The van der Waals surface area contributed by atoms with Crippen molar-refractivity contribution < 1.29 is 19.8 Å². The summed E-state index contributed by atoms with van der Waals surface area (Å²) in [6.07, 6.45) is 0.0316. The minimum Gasteiger partial charge on any atom is -0.477 e. The average molecular weight is 269 g/mol. The molecule has 0 aromatic rings. The van der Waals surface area contributed by atoms with Crippen LogP contribution in [0.2, 0.25) is 0 Å². The highest BCUT2D eigenvalue weighted by Gasteiger charge is 2.61. The van der Waals surface area contributed by atoms with Crippen molar-refractivity contribution in [2.45, 2.75) is 25.5 Å². The van der Waals surface area contributed by atoms with E-state index in [-0.39, 0.29) is 23.6 Å². The first-order valence-corrected chi connectivity index (χ1v) is 7.24. The van der Waals surface area contributed by atoms with Crippen LogP contribution in [-0.4, -0.2) is 50.6 Å². The van der Waals surface area contributed by atoms with Gasteiger partial charge in [0, 0.05) is 11.7 Å². The third-order valence-corrected chi connectivity index (χ3v) is 5.22. The van der Waals surface area contributed by atoms with Crippen molar-refractivity contribution in [1.29, 1.82) is 0 Å². The summed E-state index contributed by atoms with van der Waals surface area (Å²) >= 11 is 1.79. The second-order valence-electron chi connectivity index (χ2n) is 5.08. The summed E-state index contributed by atoms with van der Waals surface area (Å²) in [7, 11) is 0. The molecule has 18 heavy (non-hydrogen) atoms. The Morgan fingerprint density at radius 1 is 1.56 bits per heavy atom. The Labute approximate surface area is 109 Å². The van der Waals surface area contributed by atoms with E-state index in [4.69, 9.17) is 0 Å². The Morgan fingerprint density at radius 2 is 2.28 bits per heavy atom. The lowest BCUT2D eigenvalue weighted by atomic mass is 9.77. The zero-order valence-corrected chi connectivity index (χ0v) is 10.8. The van der Waals surface area contributed by atoms with Crippen LogP contribution in [0.15, 0.2) is 11.3 Å². The van der Waals surface area contributed by atoms with Gasteiger partial charge in [-0.05, 0) is 24.7 Å². The van der Waals surface area contributed by atoms with Crippen LogP contribution < -0.4 is 0 Å². The number of aliphatic hydroxyl groups is 1. The summed E-state index contributed by atoms with van der Waals surface area (Å²) in [6, 6.07) is -0.133. The van der Waals surface area contributed by atoms with Crippen molar-refractivity contribution in [2.24, 2.45) is 11.8 Å². The fourth-order valence-corrected chi connectivity index (χ4v) is 4.57. The third kappa shape index (κ3) is 1.39. The normalized spacial score (nSPS) is 36.0. The number of β-lactam (4-membered cyclic amide) rings is 1. The molecule has 0 aliphatic carbocycles. The van der Waals surface area contributed by atoms with E-state index in [2.05, 4.69) is 0 Å². The van der Waals surface area contributed by atoms with E-state index < -0.39 is 18.0 Å². The van der Waals surface area contributed by atoms with Crippen LogP contribution in [0.3, 0.4) is 0 Å². The molecule has 3 heterocycles. The molecule has 98 valence electrons. The minimum atomic E-state index is -1.01. The molecule has 0 bridgehead atoms. The van der Waals surface area contributed by atoms with Gasteiger partial charge < -0.3 is 15.1 Å². The van der Waals surface area contributed by atoms with E-state index in [1.54, 1.807) is 18.7 Å². The molecule has 6 heteroatoms. The van der Waals surface area contributed by atoms with Gasteiger partial charge in [0.05, 0.1) is 18.1 Å². The molecule has 0 saturated carbocycles. The number of aliphatic carboxylic acids is 1. The van der Waals surface area contributed by atoms with E-state index in [1.165, 1.54) is 4.90 Å². The molecule has 0 aromatic carbocycles. The summed E-state index contributed by atoms with van der Waals surface area (Å²) < 4.78 is 0. The molecule has 4 atom stereocenters. The van der Waals surface area contributed by atoms with Crippen molar-refractivity contribution in [3.05, 3.63) is 11.3 Å². The second-order valence-corrected chi connectivity index (χ2v) is 6.23. The number of carboxylic acid groups (broad SMARTS) is 1. The highest BCUT2D eigenvalue weighted by atomic mass is 32.2. The number of carbonyl (C=O) groups is 2. The number of thioether (sulfide) groups is 1. The van der Waals surface area contributed by atoms with Crippen LogP contribution in [0, 0.1) is 11.8 Å². The lowest BCUT2D eigenvalue weighted by molar-refractivity contribution is -0.163. The van der Waals surface area contributed by atoms with Crippen LogP contribution in [-0.2, 0) is 9.59 Å². The van der Waals surface area contributed by atoms with Gasteiger partial charge in [0.2, 0.25) is 5.91 Å². The maximum absolute atomic E-state index is 12.0. The summed E-state index contributed by atoms with van der Waals surface area (Å²) in [5.74, 6) is 0.203. The number of nitrogens with zero attached hydrogens (tertiary/aromatic N) is 1. The van der Waals surface area contributed by atoms with E-state index in [0.717, 1.165) is 23.5 Å². The molecular formula is C12H15NO4S. The zero-order chi connectivity index (χ0) is 13.0. The molecule has 3 aliphatic heterocycles. The maximum Gasteiger partial charge on any atom is 0.352 e. The summed E-state index contributed by atoms with van der Waals surface area (Å²) in [4.78, 5) is 24.8. The first-order chi connectivity index (χ1) is 8.54. The summed E-state index contributed by atoms with van der Waals surface area (Å²) in [6.45, 7) is 1.61. The monoisotopic (exact) mass is 269 g/mol. The zero-order valence-electron chi connectivity index (χ0n) is 10.00. The molecular weight excluding hydrogens is 254 g/mol. The molecule has 0 radical (unpaired) electrons. The predicted molar refractivity (Wildman–Crippen MR) is 65.9 cm³/mol. The molecule has 2 N–H and O–H groups in total. The van der Waals surface area contributed by atoms with Crippen LogP contribution in [0.5, 0.6) is 0 Å². The fourth-order valence-electron chi connectivity index (χ4n) is 3.39. The Hall–Kier alpha value is -1.01. The largest absolute Gasteiger partial charge is 0.477 e. The molecule has 3 rings (SSSR count). The molecule has 1 unspecified atom stereocenters. The van der Waals surface area contributed by atoms with Crippen molar-refractivity contribution in [3.8, 4) is 0 Å². The second kappa shape index (κ2) is 3.99. The predicted octanol–water partition coefficient (Wildman–Crippen LogP) is 0.300. The standard InChI is InChI=1S/C12H15NO4S/c1-5(14)8-9-7-4-18-3-2-6(7)10(12(16)17)13(9)11(8)15/h5,7-9,14H,2-4H2,1H3,(H,16,17)/t5-,7?,8-,9-/m1/s1. The number of hydrogen-bond acceptors (Lipinski definition) is 4. The first-order valence-electron chi connectivity index (χ1n) is 6.09. The highest BCUT2D eigenvalue weighted by Crippen LogP contribution is 2.51. The van der Waals surface area contributed by atoms with Gasteiger partial charge in [-0.3, -0.25) is 4.79 Å². The molecule has 2 saturated heterocycles. The number of amides is 1. The van der Waals surface area contributed by atoms with E-state index in [9.17, 15) is 19.8 Å². The van der Waals surface area contributed by atoms with Crippen LogP contribution in [0.4, 0.5) is 0 Å². The van der Waals surface area contributed by atoms with E-state index in [1.807, 2.05) is 0 Å². The molecule has 5 nitrogen and oxygen atoms in total. The lowest BCUT2D eigenvalue weighted by Crippen LogP contribution is -2.64. The molecule has 0 spiro atoms. The van der Waals surface area contributed by atoms with Gasteiger partial charge in [-0.25, -0.2) is 4.79 Å².